The first-order valence-corrected chi connectivity index (χ1v) is 10.7. The molecule has 0 unspecified atom stereocenters. The summed E-state index contributed by atoms with van der Waals surface area (Å²) in [5.41, 5.74) is 1.80. The molecule has 3 aromatic rings. The van der Waals surface area contributed by atoms with Crippen LogP contribution in [0.2, 0.25) is 5.02 Å². The smallest absolute Gasteiger partial charge is 0.283 e. The second-order valence-electron chi connectivity index (χ2n) is 6.59. The molecule has 0 radical (unpaired) electrons. The van der Waals surface area contributed by atoms with E-state index in [-0.39, 0.29) is 11.8 Å². The number of thioether (sulfide) groups is 1. The summed E-state index contributed by atoms with van der Waals surface area (Å²) >= 11 is 7.29. The summed E-state index contributed by atoms with van der Waals surface area (Å²) in [5.74, 6) is -0.649. The lowest BCUT2D eigenvalue weighted by Gasteiger charge is -2.24. The molecule has 1 heterocycles. The highest BCUT2D eigenvalue weighted by Gasteiger charge is 2.42. The van der Waals surface area contributed by atoms with E-state index >= 15 is 0 Å². The van der Waals surface area contributed by atoms with E-state index in [9.17, 15) is 9.59 Å². The molecule has 0 aromatic heterocycles. The Hall–Kier alpha value is -3.02. The highest BCUT2D eigenvalue weighted by atomic mass is 35.5. The lowest BCUT2D eigenvalue weighted by atomic mass is 10.2. The summed E-state index contributed by atoms with van der Waals surface area (Å²) < 4.78 is 0. The zero-order chi connectivity index (χ0) is 21.1. The molecule has 1 aliphatic heterocycles. The number of para-hydroxylation sites is 2. The second kappa shape index (κ2) is 8.78. The Morgan fingerprint density at radius 2 is 1.43 bits per heavy atom. The van der Waals surface area contributed by atoms with Crippen LogP contribution in [0.3, 0.4) is 0 Å². The van der Waals surface area contributed by atoms with Gasteiger partial charge in [-0.05, 0) is 55.5 Å². The molecule has 6 heteroatoms. The maximum absolute atomic E-state index is 13.5. The van der Waals surface area contributed by atoms with Crippen LogP contribution in [-0.2, 0) is 9.59 Å². The molecule has 0 saturated carbocycles. The van der Waals surface area contributed by atoms with Gasteiger partial charge in [-0.3, -0.25) is 9.59 Å². The summed E-state index contributed by atoms with van der Waals surface area (Å²) in [6.07, 6.45) is 0. The predicted octanol–water partition coefficient (Wildman–Crippen LogP) is 5.74. The highest BCUT2D eigenvalue weighted by Crippen LogP contribution is 2.40. The molecule has 30 heavy (non-hydrogen) atoms. The van der Waals surface area contributed by atoms with Crippen molar-refractivity contribution >= 4 is 46.6 Å². The second-order valence-corrected chi connectivity index (χ2v) is 8.11. The number of anilines is 2. The Bertz CT molecular complexity index is 1100. The van der Waals surface area contributed by atoms with Crippen LogP contribution in [0.5, 0.6) is 0 Å². The molecule has 1 aliphatic rings. The van der Waals surface area contributed by atoms with Crippen LogP contribution in [0.15, 0.2) is 100 Å². The number of hydrogen-bond acceptors (Lipinski definition) is 4. The quantitative estimate of drug-likeness (QED) is 0.463. The van der Waals surface area contributed by atoms with Gasteiger partial charge in [-0.1, -0.05) is 59.8 Å². The van der Waals surface area contributed by atoms with Gasteiger partial charge in [0.1, 0.15) is 10.6 Å². The molecule has 0 saturated heterocycles. The lowest BCUT2D eigenvalue weighted by Crippen LogP contribution is -2.35. The number of hydrogen-bond donors (Lipinski definition) is 0. The Kier molecular flexibility index (Phi) is 5.93. The van der Waals surface area contributed by atoms with Gasteiger partial charge < -0.3 is 4.90 Å². The predicted molar refractivity (Wildman–Crippen MR) is 123 cm³/mol. The first-order valence-electron chi connectivity index (χ1n) is 9.54. The number of likely N-dealkylation sites (N-methyl/N-ethyl adjacent to an activating group) is 1. The van der Waals surface area contributed by atoms with Crippen molar-refractivity contribution < 1.29 is 9.59 Å². The third-order valence-electron chi connectivity index (χ3n) is 4.72. The normalized spacial score (nSPS) is 13.9. The third kappa shape index (κ3) is 3.86. The Labute approximate surface area is 184 Å². The maximum Gasteiger partial charge on any atom is 0.283 e. The summed E-state index contributed by atoms with van der Waals surface area (Å²) in [4.78, 5) is 31.3. The van der Waals surface area contributed by atoms with Crippen LogP contribution in [0.25, 0.3) is 0 Å². The van der Waals surface area contributed by atoms with E-state index in [1.807, 2.05) is 72.5 Å². The van der Waals surface area contributed by atoms with E-state index in [1.165, 1.54) is 16.7 Å². The first kappa shape index (κ1) is 20.3. The third-order valence-corrected chi connectivity index (χ3v) is 6.05. The van der Waals surface area contributed by atoms with Crippen molar-refractivity contribution in [1.82, 2.24) is 0 Å². The van der Waals surface area contributed by atoms with E-state index in [0.717, 1.165) is 10.6 Å². The van der Waals surface area contributed by atoms with Gasteiger partial charge >= 0.3 is 0 Å². The van der Waals surface area contributed by atoms with Crippen LogP contribution in [-0.4, -0.2) is 18.4 Å². The molecule has 0 atom stereocenters. The van der Waals surface area contributed by atoms with E-state index in [1.54, 1.807) is 24.3 Å². The topological polar surface area (TPSA) is 40.6 Å². The number of halogens is 1. The molecule has 150 valence electrons. The van der Waals surface area contributed by atoms with Gasteiger partial charge in [0.25, 0.3) is 11.8 Å². The number of carbonyl (C=O) groups excluding carboxylic acids is 2. The van der Waals surface area contributed by atoms with Crippen molar-refractivity contribution in [3.63, 3.8) is 0 Å². The zero-order valence-corrected chi connectivity index (χ0v) is 17.9. The van der Waals surface area contributed by atoms with Gasteiger partial charge in [-0.2, -0.15) is 0 Å². The molecule has 0 aliphatic carbocycles. The van der Waals surface area contributed by atoms with Crippen molar-refractivity contribution in [2.75, 3.05) is 16.3 Å². The largest absolute Gasteiger partial charge is 0.336 e. The Morgan fingerprint density at radius 3 is 2.03 bits per heavy atom. The molecule has 0 bridgehead atoms. The number of nitrogens with zero attached hydrogens (tertiary/aromatic N) is 2. The lowest BCUT2D eigenvalue weighted by molar-refractivity contribution is -0.120. The van der Waals surface area contributed by atoms with E-state index in [4.69, 9.17) is 11.6 Å². The highest BCUT2D eigenvalue weighted by molar-refractivity contribution is 8.04. The molecular weight excluding hydrogens is 416 g/mol. The molecule has 3 aromatic carbocycles. The van der Waals surface area contributed by atoms with Crippen LogP contribution < -0.4 is 9.80 Å². The van der Waals surface area contributed by atoms with Gasteiger partial charge in [0, 0.05) is 22.2 Å². The van der Waals surface area contributed by atoms with Crippen molar-refractivity contribution in [2.24, 2.45) is 0 Å². The average molecular weight is 435 g/mol. The van der Waals surface area contributed by atoms with Gasteiger partial charge in [-0.25, -0.2) is 4.90 Å². The summed E-state index contributed by atoms with van der Waals surface area (Å²) in [6, 6.07) is 25.9. The summed E-state index contributed by atoms with van der Waals surface area (Å²) in [6.45, 7) is 2.51. The standard InChI is InChI=1S/C24H19ClN2O2S/c1-2-26(18-9-5-3-6-10-18)21-22(30-20-15-13-17(25)14-16-20)24(29)27(23(21)28)19-11-7-4-8-12-19/h3-16H,2H2,1H3. The minimum absolute atomic E-state index is 0.324. The fourth-order valence-corrected chi connectivity index (χ4v) is 4.44. The minimum atomic E-state index is -0.326. The first-order chi connectivity index (χ1) is 14.6. The number of amides is 2. The molecule has 0 N–H and O–H groups in total. The fourth-order valence-electron chi connectivity index (χ4n) is 3.34. The van der Waals surface area contributed by atoms with Crippen LogP contribution in [0.1, 0.15) is 6.92 Å². The van der Waals surface area contributed by atoms with E-state index in [0.29, 0.717) is 27.9 Å². The van der Waals surface area contributed by atoms with Crippen LogP contribution >= 0.6 is 23.4 Å². The molecule has 0 spiro atoms. The Balaban J connectivity index is 1.82. The Morgan fingerprint density at radius 1 is 0.833 bits per heavy atom. The molecular formula is C24H19ClN2O2S. The monoisotopic (exact) mass is 434 g/mol. The minimum Gasteiger partial charge on any atom is -0.336 e. The van der Waals surface area contributed by atoms with Crippen molar-refractivity contribution in [2.45, 2.75) is 11.8 Å². The van der Waals surface area contributed by atoms with Crippen molar-refractivity contribution in [3.05, 3.63) is 101 Å². The van der Waals surface area contributed by atoms with Crippen LogP contribution in [0, 0.1) is 0 Å². The number of benzene rings is 3. The van der Waals surface area contributed by atoms with E-state index in [2.05, 4.69) is 0 Å². The summed E-state index contributed by atoms with van der Waals surface area (Å²) in [7, 11) is 0. The number of rotatable bonds is 6. The molecule has 2 amide bonds. The average Bonchev–Trinajstić information content (AvgIpc) is 3.01. The van der Waals surface area contributed by atoms with Gasteiger partial charge in [0.2, 0.25) is 0 Å². The van der Waals surface area contributed by atoms with Crippen LogP contribution in [0.4, 0.5) is 11.4 Å². The summed E-state index contributed by atoms with van der Waals surface area (Å²) in [5, 5.41) is 0.618. The van der Waals surface area contributed by atoms with Crippen molar-refractivity contribution in [1.29, 1.82) is 0 Å². The fraction of sp³-hybridized carbons (Fsp3) is 0.0833. The van der Waals surface area contributed by atoms with E-state index < -0.39 is 0 Å². The van der Waals surface area contributed by atoms with Gasteiger partial charge in [0.05, 0.1) is 5.69 Å². The van der Waals surface area contributed by atoms with Gasteiger partial charge in [0.15, 0.2) is 0 Å². The maximum atomic E-state index is 13.5. The molecule has 4 nitrogen and oxygen atoms in total. The number of imide groups is 1. The SMILES string of the molecule is CCN(C1=C(Sc2ccc(Cl)cc2)C(=O)N(c2ccccc2)C1=O)c1ccccc1. The zero-order valence-electron chi connectivity index (χ0n) is 16.3. The van der Waals surface area contributed by atoms with Crippen molar-refractivity contribution in [3.8, 4) is 0 Å². The molecule has 0 fully saturated rings. The number of carbonyl (C=O) groups is 2. The van der Waals surface area contributed by atoms with Gasteiger partial charge in [-0.15, -0.1) is 0 Å². The molecule has 4 rings (SSSR count).